The van der Waals surface area contributed by atoms with Crippen molar-refractivity contribution in [3.05, 3.63) is 29.6 Å². The van der Waals surface area contributed by atoms with Crippen LogP contribution in [0.3, 0.4) is 0 Å². The van der Waals surface area contributed by atoms with Crippen LogP contribution in [0.25, 0.3) is 10.1 Å². The lowest BCUT2D eigenvalue weighted by Gasteiger charge is -2.13. The molecule has 0 aliphatic heterocycles. The standard InChI is InChI=1S/C16H22N2OS/c1-11(4-3-5-12(2)17)16(19)18-14-6-7-15-13(10-14)8-9-20-15/h6-12H,3-5,17H2,1-2H3,(H,18,19). The molecule has 3 N–H and O–H groups in total. The van der Waals surface area contributed by atoms with Gasteiger partial charge in [0.1, 0.15) is 0 Å². The second-order valence-corrected chi connectivity index (χ2v) is 6.42. The van der Waals surface area contributed by atoms with Crippen molar-refractivity contribution in [3.8, 4) is 0 Å². The number of amides is 1. The van der Waals surface area contributed by atoms with Crippen LogP contribution in [0.5, 0.6) is 0 Å². The van der Waals surface area contributed by atoms with Crippen molar-refractivity contribution in [2.45, 2.75) is 39.2 Å². The maximum Gasteiger partial charge on any atom is 0.227 e. The zero-order valence-electron chi connectivity index (χ0n) is 12.1. The van der Waals surface area contributed by atoms with Gasteiger partial charge in [0.15, 0.2) is 0 Å². The molecule has 0 radical (unpaired) electrons. The number of nitrogens with two attached hydrogens (primary N) is 1. The van der Waals surface area contributed by atoms with Gasteiger partial charge in [-0.1, -0.05) is 13.3 Å². The highest BCUT2D eigenvalue weighted by atomic mass is 32.1. The van der Waals surface area contributed by atoms with Gasteiger partial charge in [-0.3, -0.25) is 4.79 Å². The molecule has 0 bridgehead atoms. The van der Waals surface area contributed by atoms with E-state index in [2.05, 4.69) is 22.8 Å². The molecule has 0 fully saturated rings. The van der Waals surface area contributed by atoms with Crippen molar-refractivity contribution in [1.82, 2.24) is 0 Å². The highest BCUT2D eigenvalue weighted by molar-refractivity contribution is 7.17. The molecule has 1 heterocycles. The molecule has 2 atom stereocenters. The van der Waals surface area contributed by atoms with Gasteiger partial charge in [-0.25, -0.2) is 0 Å². The number of carbonyl (C=O) groups is 1. The van der Waals surface area contributed by atoms with Gasteiger partial charge >= 0.3 is 0 Å². The Morgan fingerprint density at radius 3 is 2.85 bits per heavy atom. The van der Waals surface area contributed by atoms with Gasteiger partial charge < -0.3 is 11.1 Å². The summed E-state index contributed by atoms with van der Waals surface area (Å²) in [5.74, 6) is 0.108. The van der Waals surface area contributed by atoms with Crippen LogP contribution >= 0.6 is 11.3 Å². The summed E-state index contributed by atoms with van der Waals surface area (Å²) >= 11 is 1.71. The number of hydrogen-bond donors (Lipinski definition) is 2. The van der Waals surface area contributed by atoms with E-state index in [-0.39, 0.29) is 17.9 Å². The second kappa shape index (κ2) is 6.86. The third-order valence-electron chi connectivity index (χ3n) is 3.46. The minimum Gasteiger partial charge on any atom is -0.328 e. The number of rotatable bonds is 6. The van der Waals surface area contributed by atoms with Crippen LogP contribution in [0.2, 0.25) is 0 Å². The quantitative estimate of drug-likeness (QED) is 0.845. The lowest BCUT2D eigenvalue weighted by Crippen LogP contribution is -2.21. The molecule has 20 heavy (non-hydrogen) atoms. The molecule has 0 saturated carbocycles. The average Bonchev–Trinajstić information content (AvgIpc) is 2.85. The summed E-state index contributed by atoms with van der Waals surface area (Å²) in [7, 11) is 0. The van der Waals surface area contributed by atoms with Gasteiger partial charge in [-0.05, 0) is 54.8 Å². The largest absolute Gasteiger partial charge is 0.328 e. The summed E-state index contributed by atoms with van der Waals surface area (Å²) in [6.45, 7) is 3.97. The number of fused-ring (bicyclic) bond motifs is 1. The average molecular weight is 290 g/mol. The van der Waals surface area contributed by atoms with Crippen LogP contribution < -0.4 is 11.1 Å². The zero-order chi connectivity index (χ0) is 14.5. The van der Waals surface area contributed by atoms with Gasteiger partial charge in [0, 0.05) is 22.3 Å². The summed E-state index contributed by atoms with van der Waals surface area (Å²) < 4.78 is 1.24. The molecule has 1 aromatic heterocycles. The Morgan fingerprint density at radius 2 is 2.10 bits per heavy atom. The highest BCUT2D eigenvalue weighted by Gasteiger charge is 2.13. The van der Waals surface area contributed by atoms with Gasteiger partial charge in [-0.15, -0.1) is 11.3 Å². The van der Waals surface area contributed by atoms with Crippen molar-refractivity contribution < 1.29 is 4.79 Å². The van der Waals surface area contributed by atoms with Gasteiger partial charge in [0.05, 0.1) is 0 Å². The predicted octanol–water partition coefficient (Wildman–Crippen LogP) is 3.99. The van der Waals surface area contributed by atoms with Gasteiger partial charge in [0.2, 0.25) is 5.91 Å². The van der Waals surface area contributed by atoms with Crippen molar-refractivity contribution in [2.75, 3.05) is 5.32 Å². The fourth-order valence-electron chi connectivity index (χ4n) is 2.19. The first-order valence-electron chi connectivity index (χ1n) is 7.10. The summed E-state index contributed by atoms with van der Waals surface area (Å²) in [5.41, 5.74) is 6.60. The van der Waals surface area contributed by atoms with E-state index in [0.717, 1.165) is 24.9 Å². The van der Waals surface area contributed by atoms with E-state index in [9.17, 15) is 4.79 Å². The lowest BCUT2D eigenvalue weighted by molar-refractivity contribution is -0.119. The SMILES string of the molecule is CC(N)CCCC(C)C(=O)Nc1ccc2sccc2c1. The molecule has 2 rings (SSSR count). The van der Waals surface area contributed by atoms with Crippen molar-refractivity contribution in [3.63, 3.8) is 0 Å². The van der Waals surface area contributed by atoms with Crippen LogP contribution in [0, 0.1) is 5.92 Å². The Morgan fingerprint density at radius 1 is 1.30 bits per heavy atom. The first-order valence-corrected chi connectivity index (χ1v) is 7.98. The topological polar surface area (TPSA) is 55.1 Å². The fraction of sp³-hybridized carbons (Fsp3) is 0.438. The summed E-state index contributed by atoms with van der Waals surface area (Å²) in [6.07, 6.45) is 2.85. The molecule has 108 valence electrons. The normalized spacial score (nSPS) is 14.2. The predicted molar refractivity (Wildman–Crippen MR) is 87.1 cm³/mol. The minimum atomic E-state index is 0.0203. The Bertz CT molecular complexity index is 577. The Balaban J connectivity index is 1.89. The molecular weight excluding hydrogens is 268 g/mol. The van der Waals surface area contributed by atoms with E-state index < -0.39 is 0 Å². The highest BCUT2D eigenvalue weighted by Crippen LogP contribution is 2.24. The Labute approximate surface area is 124 Å². The molecule has 0 aliphatic rings. The number of hydrogen-bond acceptors (Lipinski definition) is 3. The fourth-order valence-corrected chi connectivity index (χ4v) is 2.96. The first kappa shape index (κ1) is 15.0. The molecule has 0 spiro atoms. The number of benzene rings is 1. The number of nitrogens with one attached hydrogen (secondary N) is 1. The Hall–Kier alpha value is -1.39. The molecule has 1 aromatic carbocycles. The van der Waals surface area contributed by atoms with E-state index in [1.54, 1.807) is 11.3 Å². The maximum absolute atomic E-state index is 12.1. The number of carbonyl (C=O) groups excluding carboxylic acids is 1. The van der Waals surface area contributed by atoms with Crippen molar-refractivity contribution >= 4 is 33.0 Å². The van der Waals surface area contributed by atoms with E-state index >= 15 is 0 Å². The van der Waals surface area contributed by atoms with Crippen LogP contribution in [0.1, 0.15) is 33.1 Å². The molecule has 3 nitrogen and oxygen atoms in total. The molecule has 1 amide bonds. The zero-order valence-corrected chi connectivity index (χ0v) is 12.9. The number of anilines is 1. The second-order valence-electron chi connectivity index (χ2n) is 5.47. The van der Waals surface area contributed by atoms with Crippen LogP contribution in [-0.2, 0) is 4.79 Å². The van der Waals surface area contributed by atoms with Crippen molar-refractivity contribution in [1.29, 1.82) is 0 Å². The first-order chi connectivity index (χ1) is 9.56. The molecular formula is C16H22N2OS. The summed E-state index contributed by atoms with van der Waals surface area (Å²) in [6, 6.07) is 8.33. The minimum absolute atomic E-state index is 0.0203. The molecule has 0 aliphatic carbocycles. The summed E-state index contributed by atoms with van der Waals surface area (Å²) in [5, 5.41) is 6.24. The molecule has 0 saturated heterocycles. The van der Waals surface area contributed by atoms with Crippen LogP contribution in [0.4, 0.5) is 5.69 Å². The lowest BCUT2D eigenvalue weighted by atomic mass is 10.0. The van der Waals surface area contributed by atoms with E-state index in [4.69, 9.17) is 5.73 Å². The molecule has 4 heteroatoms. The summed E-state index contributed by atoms with van der Waals surface area (Å²) in [4.78, 5) is 12.1. The van der Waals surface area contributed by atoms with E-state index in [1.807, 2.05) is 26.0 Å². The van der Waals surface area contributed by atoms with E-state index in [0.29, 0.717) is 0 Å². The molecule has 2 unspecified atom stereocenters. The monoisotopic (exact) mass is 290 g/mol. The smallest absolute Gasteiger partial charge is 0.227 e. The third-order valence-corrected chi connectivity index (χ3v) is 4.36. The van der Waals surface area contributed by atoms with Crippen LogP contribution in [0.15, 0.2) is 29.6 Å². The number of thiophene rings is 1. The Kier molecular flexibility index (Phi) is 5.15. The van der Waals surface area contributed by atoms with E-state index in [1.165, 1.54) is 10.1 Å². The van der Waals surface area contributed by atoms with Gasteiger partial charge in [-0.2, -0.15) is 0 Å². The van der Waals surface area contributed by atoms with Crippen molar-refractivity contribution in [2.24, 2.45) is 11.7 Å². The maximum atomic E-state index is 12.1. The third kappa shape index (κ3) is 4.05. The van der Waals surface area contributed by atoms with Crippen LogP contribution in [-0.4, -0.2) is 11.9 Å². The van der Waals surface area contributed by atoms with Gasteiger partial charge in [0.25, 0.3) is 0 Å². The molecule has 2 aromatic rings.